The Morgan fingerprint density at radius 3 is 1.76 bits per heavy atom. The van der Waals surface area contributed by atoms with Crippen molar-refractivity contribution in [2.45, 2.75) is 77.1 Å². The van der Waals surface area contributed by atoms with Crippen LogP contribution in [0.3, 0.4) is 0 Å². The molecule has 54 heavy (non-hydrogen) atoms. The van der Waals surface area contributed by atoms with Crippen LogP contribution in [0.15, 0.2) is 119 Å². The van der Waals surface area contributed by atoms with Crippen molar-refractivity contribution < 1.29 is 19.5 Å². The lowest BCUT2D eigenvalue weighted by Crippen LogP contribution is -2.49. The molecule has 7 rings (SSSR count). The first-order valence-corrected chi connectivity index (χ1v) is 19.2. The largest absolute Gasteiger partial charge is 0.392 e. The number of benzene rings is 4. The number of hydrogen-bond acceptors (Lipinski definition) is 6. The Kier molecular flexibility index (Phi) is 12.5. The second-order valence-electron chi connectivity index (χ2n) is 14.5. The predicted octanol–water partition coefficient (Wildman–Crippen LogP) is 7.19. The summed E-state index contributed by atoms with van der Waals surface area (Å²) in [5.74, 6) is -0.661. The number of fused-ring (bicyclic) bond motifs is 2. The number of nitrogens with zero attached hydrogens (tertiary/aromatic N) is 4. The van der Waals surface area contributed by atoms with E-state index in [9.17, 15) is 19.5 Å². The number of aliphatic imine (C=N–C) groups is 2. The van der Waals surface area contributed by atoms with Gasteiger partial charge in [0.1, 0.15) is 6.04 Å². The van der Waals surface area contributed by atoms with E-state index in [1.54, 1.807) is 23.9 Å². The molecule has 1 saturated carbocycles. The molecule has 0 aromatic heterocycles. The fourth-order valence-electron chi connectivity index (χ4n) is 7.74. The van der Waals surface area contributed by atoms with Crippen LogP contribution in [0, 0.1) is 11.8 Å². The smallest absolute Gasteiger partial charge is 0.272 e. The maximum Gasteiger partial charge on any atom is 0.272 e. The third kappa shape index (κ3) is 8.52. The van der Waals surface area contributed by atoms with Gasteiger partial charge in [-0.25, -0.2) is 4.99 Å². The van der Waals surface area contributed by atoms with Gasteiger partial charge >= 0.3 is 0 Å². The highest BCUT2D eigenvalue weighted by atomic mass is 16.3. The van der Waals surface area contributed by atoms with Gasteiger partial charge in [-0.1, -0.05) is 136 Å². The molecular formula is C45H51N5O4. The molecule has 3 amide bonds. The van der Waals surface area contributed by atoms with Crippen LogP contribution in [0.1, 0.15) is 81.0 Å². The molecule has 9 nitrogen and oxygen atoms in total. The average Bonchev–Trinajstić information content (AvgIpc) is 3.67. The number of rotatable bonds is 9. The van der Waals surface area contributed by atoms with E-state index in [4.69, 9.17) is 4.99 Å². The number of para-hydroxylation sites is 2. The monoisotopic (exact) mass is 725 g/mol. The van der Waals surface area contributed by atoms with E-state index < -0.39 is 18.2 Å². The van der Waals surface area contributed by atoms with Crippen molar-refractivity contribution in [3.63, 3.8) is 0 Å². The SMILES string of the molecule is CC1N=C(c2ccccc2)c2ccccc2N(C)C1=O.CCC[C@H](O)[C@@H](CC1CCCC1)C(=O)NC1N=C(c2ccccc2)c2ccccc2N(C)C1=O. The fraction of sp³-hybridized carbons (Fsp3) is 0.356. The number of carbonyl (C=O) groups is 3. The van der Waals surface area contributed by atoms with Crippen LogP contribution >= 0.6 is 0 Å². The van der Waals surface area contributed by atoms with Crippen LogP contribution in [0.25, 0.3) is 0 Å². The molecule has 2 N–H and O–H groups in total. The third-order valence-electron chi connectivity index (χ3n) is 10.7. The summed E-state index contributed by atoms with van der Waals surface area (Å²) in [4.78, 5) is 51.9. The van der Waals surface area contributed by atoms with Crippen LogP contribution in [0.4, 0.5) is 11.4 Å². The number of carbonyl (C=O) groups excluding carboxylic acids is 3. The molecule has 9 heteroatoms. The molecule has 3 aliphatic rings. The summed E-state index contributed by atoms with van der Waals surface area (Å²) in [6.45, 7) is 3.85. The molecule has 2 heterocycles. The van der Waals surface area contributed by atoms with E-state index in [-0.39, 0.29) is 23.8 Å². The number of nitrogens with one attached hydrogen (secondary N) is 1. The van der Waals surface area contributed by atoms with Crippen LogP contribution in [-0.4, -0.2) is 66.7 Å². The molecule has 0 spiro atoms. The van der Waals surface area contributed by atoms with E-state index in [2.05, 4.69) is 10.3 Å². The normalized spacial score (nSPS) is 19.6. The van der Waals surface area contributed by atoms with Gasteiger partial charge in [-0.3, -0.25) is 19.4 Å². The summed E-state index contributed by atoms with van der Waals surface area (Å²) < 4.78 is 0. The maximum absolute atomic E-state index is 13.5. The topological polar surface area (TPSA) is 115 Å². The predicted molar refractivity (Wildman–Crippen MR) is 216 cm³/mol. The van der Waals surface area contributed by atoms with Crippen molar-refractivity contribution in [1.29, 1.82) is 0 Å². The number of anilines is 2. The van der Waals surface area contributed by atoms with Gasteiger partial charge in [0.25, 0.3) is 11.8 Å². The Morgan fingerprint density at radius 1 is 0.741 bits per heavy atom. The van der Waals surface area contributed by atoms with E-state index in [1.807, 2.05) is 123 Å². The maximum atomic E-state index is 13.5. The first kappa shape index (κ1) is 38.3. The van der Waals surface area contributed by atoms with Gasteiger partial charge in [0.05, 0.1) is 34.8 Å². The Morgan fingerprint density at radius 2 is 1.22 bits per heavy atom. The minimum absolute atomic E-state index is 0.0170. The number of hydrogen-bond donors (Lipinski definition) is 2. The van der Waals surface area contributed by atoms with Crippen molar-refractivity contribution >= 4 is 40.5 Å². The summed E-state index contributed by atoms with van der Waals surface area (Å²) in [6.07, 6.45) is 4.78. The number of amides is 3. The Bertz CT molecular complexity index is 1990. The number of aliphatic hydroxyl groups excluding tert-OH is 1. The molecule has 0 bridgehead atoms. The van der Waals surface area contributed by atoms with Crippen molar-refractivity contribution in [3.8, 4) is 0 Å². The quantitative estimate of drug-likeness (QED) is 0.190. The highest BCUT2D eigenvalue weighted by Gasteiger charge is 2.36. The first-order chi connectivity index (χ1) is 26.2. The van der Waals surface area contributed by atoms with Gasteiger partial charge in [-0.05, 0) is 37.8 Å². The molecular weight excluding hydrogens is 675 g/mol. The molecule has 4 atom stereocenters. The van der Waals surface area contributed by atoms with Gasteiger partial charge in [0, 0.05) is 36.3 Å². The van der Waals surface area contributed by atoms with Crippen LogP contribution in [-0.2, 0) is 14.4 Å². The minimum atomic E-state index is -1.06. The molecule has 2 aliphatic heterocycles. The van der Waals surface area contributed by atoms with Gasteiger partial charge in [0.15, 0.2) is 0 Å². The molecule has 4 aromatic carbocycles. The highest BCUT2D eigenvalue weighted by Crippen LogP contribution is 2.33. The number of aliphatic hydroxyl groups is 1. The van der Waals surface area contributed by atoms with Crippen molar-refractivity contribution in [1.82, 2.24) is 5.32 Å². The van der Waals surface area contributed by atoms with Crippen molar-refractivity contribution in [2.24, 2.45) is 21.8 Å². The highest BCUT2D eigenvalue weighted by molar-refractivity contribution is 6.21. The molecule has 280 valence electrons. The molecule has 0 saturated heterocycles. The molecule has 0 radical (unpaired) electrons. The standard InChI is InChI=1S/C28H35N3O3.C17H16N2O/c1-3-11-24(32)22(18-19-12-7-8-13-19)27(33)30-26-28(34)31(2)23-17-10-9-16-21(23)25(29-26)20-14-5-4-6-15-20;1-12-17(20)19(2)15-11-7-6-10-14(15)16(18-12)13-8-4-3-5-9-13/h4-6,9-10,14-17,19,22,24,26,32H,3,7-8,11-13,18H2,1-2H3,(H,30,33);3-12H,1-2H3/t22-,24+,26?;/m1./s1. The van der Waals surface area contributed by atoms with Gasteiger partial charge < -0.3 is 20.2 Å². The third-order valence-corrected chi connectivity index (χ3v) is 10.7. The average molecular weight is 726 g/mol. The van der Waals surface area contributed by atoms with Gasteiger partial charge in [-0.15, -0.1) is 0 Å². The Hall–Kier alpha value is -5.41. The van der Waals surface area contributed by atoms with Crippen LogP contribution in [0.5, 0.6) is 0 Å². The summed E-state index contributed by atoms with van der Waals surface area (Å²) >= 11 is 0. The summed E-state index contributed by atoms with van der Waals surface area (Å²) in [6, 6.07) is 34.9. The van der Waals surface area contributed by atoms with Crippen molar-refractivity contribution in [3.05, 3.63) is 131 Å². The second-order valence-corrected chi connectivity index (χ2v) is 14.5. The zero-order valence-corrected chi connectivity index (χ0v) is 31.7. The lowest BCUT2D eigenvalue weighted by molar-refractivity contribution is -0.133. The van der Waals surface area contributed by atoms with Crippen LogP contribution < -0.4 is 15.1 Å². The minimum Gasteiger partial charge on any atom is -0.392 e. The summed E-state index contributed by atoms with van der Waals surface area (Å²) in [5, 5.41) is 13.7. The van der Waals surface area contributed by atoms with Gasteiger partial charge in [0.2, 0.25) is 12.1 Å². The van der Waals surface area contributed by atoms with E-state index in [0.29, 0.717) is 24.5 Å². The summed E-state index contributed by atoms with van der Waals surface area (Å²) in [7, 11) is 3.52. The summed E-state index contributed by atoms with van der Waals surface area (Å²) in [5.41, 5.74) is 6.96. The lowest BCUT2D eigenvalue weighted by atomic mass is 9.87. The number of benzodiazepines with no additional fused rings is 2. The lowest BCUT2D eigenvalue weighted by Gasteiger charge is -2.27. The van der Waals surface area contributed by atoms with Gasteiger partial charge in [-0.2, -0.15) is 0 Å². The molecule has 2 unspecified atom stereocenters. The fourth-order valence-corrected chi connectivity index (χ4v) is 7.74. The van der Waals surface area contributed by atoms with E-state index >= 15 is 0 Å². The zero-order chi connectivity index (χ0) is 38.2. The molecule has 1 fully saturated rings. The first-order valence-electron chi connectivity index (χ1n) is 19.2. The van der Waals surface area contributed by atoms with E-state index in [0.717, 1.165) is 58.6 Å². The molecule has 4 aromatic rings. The second kappa shape index (κ2) is 17.6. The Labute approximate surface area is 318 Å². The zero-order valence-electron chi connectivity index (χ0n) is 31.7. The van der Waals surface area contributed by atoms with E-state index in [1.165, 1.54) is 12.8 Å². The van der Waals surface area contributed by atoms with Crippen LogP contribution in [0.2, 0.25) is 0 Å². The Balaban J connectivity index is 0.000000210. The van der Waals surface area contributed by atoms with Crippen molar-refractivity contribution in [2.75, 3.05) is 23.9 Å². The molecule has 1 aliphatic carbocycles. The number of likely N-dealkylation sites (N-methyl/N-ethyl adjacent to an activating group) is 2.